The van der Waals surface area contributed by atoms with Crippen LogP contribution in [0.2, 0.25) is 0 Å². The van der Waals surface area contributed by atoms with E-state index in [0.29, 0.717) is 0 Å². The fourth-order valence-corrected chi connectivity index (χ4v) is 0.445. The van der Waals surface area contributed by atoms with Crippen LogP contribution in [0.4, 0.5) is 13.2 Å². The largest absolute Gasteiger partial charge is 0.481 e. The second-order valence-electron chi connectivity index (χ2n) is 1.82. The third kappa shape index (κ3) is 3.32. The van der Waals surface area contributed by atoms with E-state index in [4.69, 9.17) is 5.11 Å². The van der Waals surface area contributed by atoms with Gasteiger partial charge in [-0.05, 0) is 0 Å². The van der Waals surface area contributed by atoms with Gasteiger partial charge >= 0.3 is 5.97 Å². The molecule has 0 aliphatic heterocycles. The average Bonchev–Trinajstić information content (AvgIpc) is 1.81. The van der Waals surface area contributed by atoms with Crippen LogP contribution in [-0.4, -0.2) is 24.2 Å². The Labute approximate surface area is 55.7 Å². The van der Waals surface area contributed by atoms with Crippen molar-refractivity contribution in [3.63, 3.8) is 0 Å². The maximum atomic E-state index is 11.6. The highest BCUT2D eigenvalue weighted by molar-refractivity contribution is 5.70. The molecular formula is C5H7F3O2. The van der Waals surface area contributed by atoms with E-state index in [9.17, 15) is 18.0 Å². The zero-order valence-electron chi connectivity index (χ0n) is 5.06. The predicted molar refractivity (Wildman–Crippen MR) is 27.7 cm³/mol. The highest BCUT2D eigenvalue weighted by Crippen LogP contribution is 2.11. The standard InChI is InChI=1S/C5H7F3O2/c6-2-3(5(9)10)1-4(7)8/h3-4H,1-2H2,(H,9,10). The van der Waals surface area contributed by atoms with Crippen molar-refractivity contribution in [3.8, 4) is 0 Å². The van der Waals surface area contributed by atoms with Crippen LogP contribution in [0.5, 0.6) is 0 Å². The van der Waals surface area contributed by atoms with E-state index in [1.54, 1.807) is 0 Å². The minimum atomic E-state index is -2.75. The molecule has 0 heterocycles. The van der Waals surface area contributed by atoms with E-state index in [2.05, 4.69) is 0 Å². The Kier molecular flexibility index (Phi) is 3.83. The van der Waals surface area contributed by atoms with Gasteiger partial charge in [-0.25, -0.2) is 8.78 Å². The first-order valence-corrected chi connectivity index (χ1v) is 2.64. The van der Waals surface area contributed by atoms with Crippen molar-refractivity contribution < 1.29 is 23.1 Å². The topological polar surface area (TPSA) is 37.3 Å². The molecule has 0 fully saturated rings. The second kappa shape index (κ2) is 4.14. The van der Waals surface area contributed by atoms with Gasteiger partial charge in [0.1, 0.15) is 6.67 Å². The molecule has 1 atom stereocenters. The van der Waals surface area contributed by atoms with E-state index in [1.165, 1.54) is 0 Å². The summed E-state index contributed by atoms with van der Waals surface area (Å²) >= 11 is 0. The lowest BCUT2D eigenvalue weighted by Crippen LogP contribution is -2.18. The molecular weight excluding hydrogens is 149 g/mol. The van der Waals surface area contributed by atoms with Crippen molar-refractivity contribution in [1.82, 2.24) is 0 Å². The Morgan fingerprint density at radius 3 is 2.10 bits per heavy atom. The summed E-state index contributed by atoms with van der Waals surface area (Å²) in [4.78, 5) is 9.89. The summed E-state index contributed by atoms with van der Waals surface area (Å²) in [6.07, 6.45) is -3.66. The number of hydrogen-bond donors (Lipinski definition) is 1. The Bertz CT molecular complexity index is 115. The highest BCUT2D eigenvalue weighted by atomic mass is 19.3. The second-order valence-corrected chi connectivity index (χ2v) is 1.82. The van der Waals surface area contributed by atoms with Gasteiger partial charge in [0.05, 0.1) is 5.92 Å². The summed E-state index contributed by atoms with van der Waals surface area (Å²) in [5.74, 6) is -3.07. The molecule has 0 saturated carbocycles. The summed E-state index contributed by atoms with van der Waals surface area (Å²) in [5, 5.41) is 8.05. The number of carboxylic acid groups (broad SMARTS) is 1. The molecule has 5 heteroatoms. The molecule has 0 radical (unpaired) electrons. The molecule has 0 amide bonds. The Morgan fingerprint density at radius 2 is 2.00 bits per heavy atom. The highest BCUT2D eigenvalue weighted by Gasteiger charge is 2.21. The van der Waals surface area contributed by atoms with Gasteiger partial charge in [-0.3, -0.25) is 9.18 Å². The van der Waals surface area contributed by atoms with Gasteiger partial charge in [-0.1, -0.05) is 0 Å². The van der Waals surface area contributed by atoms with Crippen molar-refractivity contribution in [1.29, 1.82) is 0 Å². The van der Waals surface area contributed by atoms with Gasteiger partial charge in [0.15, 0.2) is 0 Å². The molecule has 2 nitrogen and oxygen atoms in total. The Morgan fingerprint density at radius 1 is 1.50 bits per heavy atom. The molecule has 0 spiro atoms. The van der Waals surface area contributed by atoms with Gasteiger partial charge in [0, 0.05) is 6.42 Å². The smallest absolute Gasteiger partial charge is 0.309 e. The van der Waals surface area contributed by atoms with E-state index in [-0.39, 0.29) is 0 Å². The molecule has 0 aromatic heterocycles. The Hall–Kier alpha value is -0.740. The minimum absolute atomic E-state index is 0.911. The van der Waals surface area contributed by atoms with Gasteiger partial charge in [0.25, 0.3) is 0 Å². The van der Waals surface area contributed by atoms with E-state index in [0.717, 1.165) is 0 Å². The lowest BCUT2D eigenvalue weighted by Gasteiger charge is -2.04. The van der Waals surface area contributed by atoms with Crippen LogP contribution < -0.4 is 0 Å². The van der Waals surface area contributed by atoms with Crippen LogP contribution in [0.25, 0.3) is 0 Å². The molecule has 0 rings (SSSR count). The SMILES string of the molecule is O=C(O)C(CF)CC(F)F. The zero-order valence-corrected chi connectivity index (χ0v) is 5.06. The first-order chi connectivity index (χ1) is 4.57. The fraction of sp³-hybridized carbons (Fsp3) is 0.800. The maximum absolute atomic E-state index is 11.6. The average molecular weight is 156 g/mol. The molecule has 1 unspecified atom stereocenters. The predicted octanol–water partition coefficient (Wildman–Crippen LogP) is 1.31. The van der Waals surface area contributed by atoms with Gasteiger partial charge < -0.3 is 5.11 Å². The van der Waals surface area contributed by atoms with Crippen molar-refractivity contribution in [2.45, 2.75) is 12.8 Å². The van der Waals surface area contributed by atoms with E-state index >= 15 is 0 Å². The number of rotatable bonds is 4. The lowest BCUT2D eigenvalue weighted by molar-refractivity contribution is -0.143. The molecule has 10 heavy (non-hydrogen) atoms. The first kappa shape index (κ1) is 9.26. The van der Waals surface area contributed by atoms with Gasteiger partial charge in [-0.15, -0.1) is 0 Å². The number of aliphatic carboxylic acids is 1. The lowest BCUT2D eigenvalue weighted by atomic mass is 10.1. The van der Waals surface area contributed by atoms with Crippen molar-refractivity contribution in [2.75, 3.05) is 6.67 Å². The normalized spacial score (nSPS) is 13.6. The summed E-state index contributed by atoms with van der Waals surface area (Å²) in [6, 6.07) is 0. The van der Waals surface area contributed by atoms with Crippen LogP contribution in [0.3, 0.4) is 0 Å². The monoisotopic (exact) mass is 156 g/mol. The summed E-state index contributed by atoms with van der Waals surface area (Å²) in [7, 11) is 0. The fourth-order valence-electron chi connectivity index (χ4n) is 0.445. The molecule has 0 aromatic carbocycles. The zero-order chi connectivity index (χ0) is 8.15. The maximum Gasteiger partial charge on any atom is 0.309 e. The third-order valence-electron chi connectivity index (χ3n) is 0.998. The first-order valence-electron chi connectivity index (χ1n) is 2.64. The summed E-state index contributed by atoms with van der Waals surface area (Å²) in [5.41, 5.74) is 0. The number of halogens is 3. The van der Waals surface area contributed by atoms with Crippen molar-refractivity contribution >= 4 is 5.97 Å². The number of alkyl halides is 3. The van der Waals surface area contributed by atoms with Gasteiger partial charge in [-0.2, -0.15) is 0 Å². The third-order valence-corrected chi connectivity index (χ3v) is 0.998. The van der Waals surface area contributed by atoms with Crippen LogP contribution in [0.15, 0.2) is 0 Å². The Balaban J connectivity index is 3.72. The van der Waals surface area contributed by atoms with E-state index in [1.807, 2.05) is 0 Å². The molecule has 60 valence electrons. The molecule has 0 aliphatic rings. The molecule has 0 bridgehead atoms. The summed E-state index contributed by atoms with van der Waals surface area (Å²) < 4.78 is 34.4. The molecule has 0 saturated heterocycles. The number of hydrogen-bond acceptors (Lipinski definition) is 1. The van der Waals surface area contributed by atoms with Crippen molar-refractivity contribution in [2.24, 2.45) is 5.92 Å². The quantitative estimate of drug-likeness (QED) is 0.666. The van der Waals surface area contributed by atoms with Crippen LogP contribution in [-0.2, 0) is 4.79 Å². The minimum Gasteiger partial charge on any atom is -0.481 e. The number of carbonyl (C=O) groups is 1. The van der Waals surface area contributed by atoms with Crippen LogP contribution in [0.1, 0.15) is 6.42 Å². The molecule has 0 aliphatic carbocycles. The van der Waals surface area contributed by atoms with Crippen LogP contribution >= 0.6 is 0 Å². The molecule has 0 aromatic rings. The van der Waals surface area contributed by atoms with Gasteiger partial charge in [0.2, 0.25) is 6.43 Å². The number of carboxylic acids is 1. The summed E-state index contributed by atoms with van der Waals surface area (Å²) in [6.45, 7) is -1.24. The van der Waals surface area contributed by atoms with Crippen molar-refractivity contribution in [3.05, 3.63) is 0 Å². The van der Waals surface area contributed by atoms with Crippen LogP contribution in [0, 0.1) is 5.92 Å². The molecule has 1 N–H and O–H groups in total. The van der Waals surface area contributed by atoms with E-state index < -0.39 is 31.4 Å².